The number of aryl methyl sites for hydroxylation is 2. The van der Waals surface area contributed by atoms with Gasteiger partial charge in [-0.15, -0.1) is 11.3 Å². The molecule has 0 aliphatic heterocycles. The first kappa shape index (κ1) is 19.3. The molecule has 1 aliphatic rings. The smallest absolute Gasteiger partial charge is 0.262 e. The number of nitrogens with zero attached hydrogens (tertiary/aromatic N) is 3. The lowest BCUT2D eigenvalue weighted by Gasteiger charge is -2.23. The van der Waals surface area contributed by atoms with Crippen LogP contribution in [0.4, 0.5) is 0 Å². The number of fused-ring (bicyclic) bond motifs is 3. The van der Waals surface area contributed by atoms with Crippen molar-refractivity contribution in [1.29, 1.82) is 0 Å². The summed E-state index contributed by atoms with van der Waals surface area (Å²) in [5, 5.41) is 4.56. The molecule has 28 heavy (non-hydrogen) atoms. The average Bonchev–Trinajstić information content (AvgIpc) is 3.05. The number of rotatable bonds is 6. The van der Waals surface area contributed by atoms with E-state index in [1.165, 1.54) is 21.6 Å². The predicted molar refractivity (Wildman–Crippen MR) is 116 cm³/mol. The van der Waals surface area contributed by atoms with Gasteiger partial charge < -0.3 is 10.2 Å². The molecule has 6 heteroatoms. The molecule has 1 N–H and O–H groups in total. The van der Waals surface area contributed by atoms with Crippen LogP contribution in [0.1, 0.15) is 28.0 Å². The van der Waals surface area contributed by atoms with E-state index in [0.29, 0.717) is 12.6 Å². The van der Waals surface area contributed by atoms with E-state index in [4.69, 9.17) is 0 Å². The third-order valence-corrected chi connectivity index (χ3v) is 6.70. The van der Waals surface area contributed by atoms with Gasteiger partial charge in [0.1, 0.15) is 4.83 Å². The highest BCUT2D eigenvalue weighted by Crippen LogP contribution is 2.33. The van der Waals surface area contributed by atoms with Crippen LogP contribution in [-0.2, 0) is 25.9 Å². The Labute approximate surface area is 170 Å². The fourth-order valence-electron chi connectivity index (χ4n) is 3.81. The van der Waals surface area contributed by atoms with Crippen molar-refractivity contribution in [1.82, 2.24) is 19.8 Å². The van der Waals surface area contributed by atoms with Crippen molar-refractivity contribution in [3.05, 3.63) is 62.5 Å². The molecule has 0 spiro atoms. The zero-order valence-corrected chi connectivity index (χ0v) is 17.7. The van der Waals surface area contributed by atoms with Crippen molar-refractivity contribution in [3.63, 3.8) is 0 Å². The summed E-state index contributed by atoms with van der Waals surface area (Å²) in [6.07, 6.45) is 4.72. The van der Waals surface area contributed by atoms with Crippen LogP contribution in [0.25, 0.3) is 10.2 Å². The normalized spacial score (nSPS) is 16.6. The van der Waals surface area contributed by atoms with Crippen molar-refractivity contribution in [2.45, 2.75) is 45.3 Å². The van der Waals surface area contributed by atoms with Gasteiger partial charge in [-0.2, -0.15) is 0 Å². The van der Waals surface area contributed by atoms with E-state index in [0.717, 1.165) is 42.6 Å². The molecule has 0 bridgehead atoms. The lowest BCUT2D eigenvalue weighted by atomic mass is 9.93. The number of nitrogens with one attached hydrogen (secondary N) is 1. The molecular weight excluding hydrogens is 368 g/mol. The molecule has 0 radical (unpaired) electrons. The second-order valence-corrected chi connectivity index (χ2v) is 9.12. The number of likely N-dealkylation sites (N-methyl/N-ethyl adjacent to an activating group) is 1. The Balaban J connectivity index is 1.50. The number of hydrogen-bond donors (Lipinski definition) is 1. The van der Waals surface area contributed by atoms with Crippen LogP contribution in [-0.4, -0.2) is 41.1 Å². The predicted octanol–water partition coefficient (Wildman–Crippen LogP) is 2.98. The van der Waals surface area contributed by atoms with E-state index < -0.39 is 0 Å². The van der Waals surface area contributed by atoms with Crippen molar-refractivity contribution < 1.29 is 0 Å². The van der Waals surface area contributed by atoms with E-state index in [9.17, 15) is 4.79 Å². The van der Waals surface area contributed by atoms with Gasteiger partial charge in [-0.05, 0) is 51.4 Å². The Morgan fingerprint density at radius 2 is 2.07 bits per heavy atom. The molecule has 2 aromatic heterocycles. The van der Waals surface area contributed by atoms with Crippen LogP contribution < -0.4 is 10.9 Å². The standard InChI is InChI=1S/C22H28N4OS/c1-15-4-6-16(7-5-15)13-23-17-8-9-18-19(12-17)28-21-20(18)22(27)26(14-24-21)11-10-25(2)3/h4-7,14,17,23H,8-13H2,1-3H3. The van der Waals surface area contributed by atoms with Gasteiger partial charge in [-0.25, -0.2) is 4.98 Å². The van der Waals surface area contributed by atoms with Gasteiger partial charge in [0.25, 0.3) is 5.56 Å². The van der Waals surface area contributed by atoms with E-state index in [2.05, 4.69) is 46.4 Å². The zero-order valence-electron chi connectivity index (χ0n) is 16.9. The second kappa shape index (κ2) is 8.15. The average molecular weight is 397 g/mol. The van der Waals surface area contributed by atoms with Crippen molar-refractivity contribution >= 4 is 21.6 Å². The van der Waals surface area contributed by atoms with E-state index in [1.807, 2.05) is 14.1 Å². The topological polar surface area (TPSA) is 50.2 Å². The Hall–Kier alpha value is -2.02. The van der Waals surface area contributed by atoms with Gasteiger partial charge >= 0.3 is 0 Å². The maximum Gasteiger partial charge on any atom is 0.262 e. The lowest BCUT2D eigenvalue weighted by molar-refractivity contribution is 0.380. The van der Waals surface area contributed by atoms with Gasteiger partial charge in [0.2, 0.25) is 0 Å². The summed E-state index contributed by atoms with van der Waals surface area (Å²) in [7, 11) is 4.04. The van der Waals surface area contributed by atoms with Crippen LogP contribution in [0.15, 0.2) is 35.4 Å². The summed E-state index contributed by atoms with van der Waals surface area (Å²) >= 11 is 1.70. The van der Waals surface area contributed by atoms with Crippen LogP contribution >= 0.6 is 11.3 Å². The van der Waals surface area contributed by atoms with Crippen molar-refractivity contribution in [2.24, 2.45) is 0 Å². The SMILES string of the molecule is Cc1ccc(CNC2CCc3c(sc4ncn(CCN(C)C)c(=O)c34)C2)cc1. The Bertz CT molecular complexity index is 1020. The van der Waals surface area contributed by atoms with Gasteiger partial charge in [-0.1, -0.05) is 29.8 Å². The van der Waals surface area contributed by atoms with Crippen molar-refractivity contribution in [3.8, 4) is 0 Å². The summed E-state index contributed by atoms with van der Waals surface area (Å²) in [4.78, 5) is 21.9. The highest BCUT2D eigenvalue weighted by molar-refractivity contribution is 7.18. The molecule has 1 aliphatic carbocycles. The van der Waals surface area contributed by atoms with E-state index in [-0.39, 0.29) is 5.56 Å². The summed E-state index contributed by atoms with van der Waals surface area (Å²) in [5.74, 6) is 0. The van der Waals surface area contributed by atoms with E-state index in [1.54, 1.807) is 22.2 Å². The molecule has 3 aromatic rings. The van der Waals surface area contributed by atoms with Gasteiger partial charge in [0, 0.05) is 30.6 Å². The molecule has 0 amide bonds. The molecular formula is C22H28N4OS. The maximum atomic E-state index is 13.0. The number of aromatic nitrogens is 2. The summed E-state index contributed by atoms with van der Waals surface area (Å²) in [6.45, 7) is 4.52. The molecule has 1 aromatic carbocycles. The number of hydrogen-bond acceptors (Lipinski definition) is 5. The molecule has 4 rings (SSSR count). The van der Waals surface area contributed by atoms with Crippen LogP contribution in [0.2, 0.25) is 0 Å². The Kier molecular flexibility index (Phi) is 5.62. The highest BCUT2D eigenvalue weighted by atomic mass is 32.1. The Morgan fingerprint density at radius 3 is 2.82 bits per heavy atom. The number of benzene rings is 1. The maximum absolute atomic E-state index is 13.0. The first-order chi connectivity index (χ1) is 13.5. The minimum Gasteiger partial charge on any atom is -0.310 e. The molecule has 0 saturated carbocycles. The molecule has 5 nitrogen and oxygen atoms in total. The zero-order chi connectivity index (χ0) is 19.7. The molecule has 1 atom stereocenters. The fraction of sp³-hybridized carbons (Fsp3) is 0.455. The molecule has 2 heterocycles. The summed E-state index contributed by atoms with van der Waals surface area (Å²) < 4.78 is 1.76. The minimum atomic E-state index is 0.121. The van der Waals surface area contributed by atoms with Crippen LogP contribution in [0.3, 0.4) is 0 Å². The molecule has 0 saturated heterocycles. The quantitative estimate of drug-likeness (QED) is 0.696. The molecule has 1 unspecified atom stereocenters. The largest absolute Gasteiger partial charge is 0.310 e. The van der Waals surface area contributed by atoms with Gasteiger partial charge in [0.05, 0.1) is 11.7 Å². The van der Waals surface area contributed by atoms with Gasteiger partial charge in [-0.3, -0.25) is 9.36 Å². The van der Waals surface area contributed by atoms with E-state index >= 15 is 0 Å². The summed E-state index contributed by atoms with van der Waals surface area (Å²) in [6, 6.07) is 9.16. The molecule has 148 valence electrons. The second-order valence-electron chi connectivity index (χ2n) is 8.04. The highest BCUT2D eigenvalue weighted by Gasteiger charge is 2.25. The first-order valence-corrected chi connectivity index (χ1v) is 10.8. The van der Waals surface area contributed by atoms with Gasteiger partial charge in [0.15, 0.2) is 0 Å². The third-order valence-electron chi connectivity index (χ3n) is 5.54. The molecule has 0 fully saturated rings. The van der Waals surface area contributed by atoms with Crippen LogP contribution in [0.5, 0.6) is 0 Å². The first-order valence-electron chi connectivity index (χ1n) is 9.94. The minimum absolute atomic E-state index is 0.121. The summed E-state index contributed by atoms with van der Waals surface area (Å²) in [5.41, 5.74) is 3.97. The van der Waals surface area contributed by atoms with Crippen LogP contribution in [0, 0.1) is 6.92 Å². The lowest BCUT2D eigenvalue weighted by Crippen LogP contribution is -2.34. The monoisotopic (exact) mass is 396 g/mol. The Morgan fingerprint density at radius 1 is 1.29 bits per heavy atom. The fourth-order valence-corrected chi connectivity index (χ4v) is 5.07. The third kappa shape index (κ3) is 4.04. The number of thiophene rings is 1. The van der Waals surface area contributed by atoms with Crippen molar-refractivity contribution in [2.75, 3.05) is 20.6 Å².